The number of hydrogen-bond donors (Lipinski definition) is 1. The van der Waals surface area contributed by atoms with Gasteiger partial charge >= 0.3 is 0 Å². The van der Waals surface area contributed by atoms with E-state index in [1.165, 1.54) is 6.92 Å². The molecule has 0 aromatic heterocycles. The lowest BCUT2D eigenvalue weighted by atomic mass is 9.98. The van der Waals surface area contributed by atoms with Gasteiger partial charge in [0.2, 0.25) is 5.91 Å². The number of carbonyl (C=O) groups is 1. The normalized spacial score (nSPS) is 17.6. The van der Waals surface area contributed by atoms with E-state index in [9.17, 15) is 13.2 Å². The highest BCUT2D eigenvalue weighted by Crippen LogP contribution is 2.22. The number of piperidine rings is 1. The molecule has 0 unspecified atom stereocenters. The van der Waals surface area contributed by atoms with E-state index >= 15 is 0 Å². The maximum absolute atomic E-state index is 13.1. The second-order valence-electron chi connectivity index (χ2n) is 8.05. The molecule has 0 atom stereocenters. The molecule has 1 saturated heterocycles. The Hall–Kier alpha value is -0.660. The van der Waals surface area contributed by atoms with Crippen LogP contribution in [-0.4, -0.2) is 55.7 Å². The molecule has 1 amide bonds. The molecule has 1 aliphatic rings. The van der Waals surface area contributed by atoms with Crippen LogP contribution in [0.5, 0.6) is 0 Å². The maximum atomic E-state index is 13.1. The quantitative estimate of drug-likeness (QED) is 0.638. The van der Waals surface area contributed by atoms with Crippen molar-refractivity contribution in [1.82, 2.24) is 13.9 Å². The first kappa shape index (κ1) is 22.4. The molecule has 6 nitrogen and oxygen atoms in total. The summed E-state index contributed by atoms with van der Waals surface area (Å²) < 4.78 is 29.4. The molecule has 0 aromatic carbocycles. The minimum absolute atomic E-state index is 0.0244. The van der Waals surface area contributed by atoms with Gasteiger partial charge in [-0.25, -0.2) is 0 Å². The van der Waals surface area contributed by atoms with Crippen LogP contribution in [0.1, 0.15) is 60.3 Å². The van der Waals surface area contributed by atoms with Crippen LogP contribution in [0.15, 0.2) is 0 Å². The fourth-order valence-corrected chi connectivity index (χ4v) is 4.61. The van der Waals surface area contributed by atoms with E-state index in [0.717, 1.165) is 25.7 Å². The number of amides is 1. The Morgan fingerprint density at radius 3 is 1.96 bits per heavy atom. The van der Waals surface area contributed by atoms with Crippen molar-refractivity contribution in [3.05, 3.63) is 0 Å². The Balaban J connectivity index is 2.65. The minimum Gasteiger partial charge on any atom is -0.356 e. The van der Waals surface area contributed by atoms with Gasteiger partial charge in [-0.1, -0.05) is 27.7 Å². The Labute approximate surface area is 154 Å². The lowest BCUT2D eigenvalue weighted by Crippen LogP contribution is -2.49. The smallest absolute Gasteiger partial charge is 0.281 e. The van der Waals surface area contributed by atoms with Gasteiger partial charge in [0.1, 0.15) is 0 Å². The van der Waals surface area contributed by atoms with Crippen molar-refractivity contribution in [2.45, 2.75) is 60.3 Å². The van der Waals surface area contributed by atoms with Gasteiger partial charge in [0, 0.05) is 39.6 Å². The molecule has 1 rings (SSSR count). The zero-order valence-electron chi connectivity index (χ0n) is 16.6. The van der Waals surface area contributed by atoms with Crippen molar-refractivity contribution in [2.24, 2.45) is 17.8 Å². The second kappa shape index (κ2) is 10.5. The molecular formula is C18H37N3O3S. The van der Waals surface area contributed by atoms with Crippen molar-refractivity contribution in [3.8, 4) is 0 Å². The van der Waals surface area contributed by atoms with E-state index in [-0.39, 0.29) is 5.91 Å². The molecule has 1 aliphatic heterocycles. The summed E-state index contributed by atoms with van der Waals surface area (Å²) >= 11 is 0. The number of nitrogens with zero attached hydrogens (tertiary/aromatic N) is 2. The standard InChI is InChI=1S/C18H37N3O3S/c1-15(2)6-10-20(11-7-16(3)4)25(23,24)21-12-8-18(9-13-21)14-19-17(5)22/h15-16,18H,6-14H2,1-5H3,(H,19,22). The van der Waals surface area contributed by atoms with E-state index in [1.54, 1.807) is 8.61 Å². The third-order valence-electron chi connectivity index (χ3n) is 4.78. The average molecular weight is 376 g/mol. The molecule has 0 bridgehead atoms. The van der Waals surface area contributed by atoms with Gasteiger partial charge in [-0.3, -0.25) is 4.79 Å². The zero-order chi connectivity index (χ0) is 19.0. The summed E-state index contributed by atoms with van der Waals surface area (Å²) in [7, 11) is -3.39. The lowest BCUT2D eigenvalue weighted by Gasteiger charge is -2.35. The maximum Gasteiger partial charge on any atom is 0.281 e. The predicted molar refractivity (Wildman–Crippen MR) is 102 cm³/mol. The molecule has 1 heterocycles. The highest BCUT2D eigenvalue weighted by molar-refractivity contribution is 7.86. The number of rotatable bonds is 10. The Bertz CT molecular complexity index is 486. The van der Waals surface area contributed by atoms with Gasteiger partial charge in [-0.2, -0.15) is 17.0 Å². The second-order valence-corrected chi connectivity index (χ2v) is 9.98. The van der Waals surface area contributed by atoms with Crippen LogP contribution in [0.2, 0.25) is 0 Å². The lowest BCUT2D eigenvalue weighted by molar-refractivity contribution is -0.119. The Morgan fingerprint density at radius 1 is 1.08 bits per heavy atom. The molecular weight excluding hydrogens is 338 g/mol. The number of hydrogen-bond acceptors (Lipinski definition) is 3. The predicted octanol–water partition coefficient (Wildman–Crippen LogP) is 2.47. The first-order valence-electron chi connectivity index (χ1n) is 9.62. The molecule has 0 aliphatic carbocycles. The van der Waals surface area contributed by atoms with E-state index in [2.05, 4.69) is 33.0 Å². The minimum atomic E-state index is -3.39. The molecule has 25 heavy (non-hydrogen) atoms. The SMILES string of the molecule is CC(=O)NCC1CCN(S(=O)(=O)N(CCC(C)C)CCC(C)C)CC1. The van der Waals surface area contributed by atoms with Crippen LogP contribution >= 0.6 is 0 Å². The van der Waals surface area contributed by atoms with Crippen LogP contribution in [0.25, 0.3) is 0 Å². The van der Waals surface area contributed by atoms with E-state index in [1.807, 2.05) is 0 Å². The highest BCUT2D eigenvalue weighted by atomic mass is 32.2. The van der Waals surface area contributed by atoms with Crippen LogP contribution in [0.4, 0.5) is 0 Å². The van der Waals surface area contributed by atoms with Crippen LogP contribution < -0.4 is 5.32 Å². The van der Waals surface area contributed by atoms with Crippen molar-refractivity contribution in [3.63, 3.8) is 0 Å². The van der Waals surface area contributed by atoms with E-state index < -0.39 is 10.2 Å². The highest BCUT2D eigenvalue weighted by Gasteiger charge is 2.32. The molecule has 0 radical (unpaired) electrons. The van der Waals surface area contributed by atoms with Gasteiger partial charge in [0.05, 0.1) is 0 Å². The molecule has 1 fully saturated rings. The number of nitrogens with one attached hydrogen (secondary N) is 1. The summed E-state index contributed by atoms with van der Waals surface area (Å²) in [5.74, 6) is 1.32. The van der Waals surface area contributed by atoms with Crippen molar-refractivity contribution >= 4 is 16.1 Å². The molecule has 1 N–H and O–H groups in total. The number of carbonyl (C=O) groups excluding carboxylic acids is 1. The van der Waals surface area contributed by atoms with E-state index in [0.29, 0.717) is 50.5 Å². The van der Waals surface area contributed by atoms with Gasteiger partial charge in [0.15, 0.2) is 0 Å². The molecule has 0 spiro atoms. The van der Waals surface area contributed by atoms with Gasteiger partial charge in [-0.15, -0.1) is 0 Å². The van der Waals surface area contributed by atoms with Crippen molar-refractivity contribution in [2.75, 3.05) is 32.7 Å². The third-order valence-corrected chi connectivity index (χ3v) is 6.81. The first-order chi connectivity index (χ1) is 11.6. The van der Waals surface area contributed by atoms with Crippen LogP contribution in [0, 0.1) is 17.8 Å². The van der Waals surface area contributed by atoms with Crippen LogP contribution in [0.3, 0.4) is 0 Å². The molecule has 0 aromatic rings. The molecule has 148 valence electrons. The van der Waals surface area contributed by atoms with Crippen molar-refractivity contribution < 1.29 is 13.2 Å². The summed E-state index contributed by atoms with van der Waals surface area (Å²) in [6.45, 7) is 13.0. The van der Waals surface area contributed by atoms with E-state index in [4.69, 9.17) is 0 Å². The van der Waals surface area contributed by atoms with Gasteiger partial charge in [-0.05, 0) is 43.4 Å². The summed E-state index contributed by atoms with van der Waals surface area (Å²) in [4.78, 5) is 11.0. The van der Waals surface area contributed by atoms with Crippen LogP contribution in [-0.2, 0) is 15.0 Å². The summed E-state index contributed by atoms with van der Waals surface area (Å²) in [5, 5.41) is 2.84. The largest absolute Gasteiger partial charge is 0.356 e. The van der Waals surface area contributed by atoms with Gasteiger partial charge in [0.25, 0.3) is 10.2 Å². The summed E-state index contributed by atoms with van der Waals surface area (Å²) in [6, 6.07) is 0. The fourth-order valence-electron chi connectivity index (χ4n) is 2.94. The first-order valence-corrected chi connectivity index (χ1v) is 11.0. The molecule has 0 saturated carbocycles. The zero-order valence-corrected chi connectivity index (χ0v) is 17.4. The topological polar surface area (TPSA) is 69.7 Å². The average Bonchev–Trinajstić information content (AvgIpc) is 2.52. The Morgan fingerprint density at radius 2 is 1.56 bits per heavy atom. The summed E-state index contributed by atoms with van der Waals surface area (Å²) in [5.41, 5.74) is 0. The van der Waals surface area contributed by atoms with Crippen molar-refractivity contribution in [1.29, 1.82) is 0 Å². The third kappa shape index (κ3) is 8.05. The molecule has 7 heteroatoms. The fraction of sp³-hybridized carbons (Fsp3) is 0.944. The van der Waals surface area contributed by atoms with Gasteiger partial charge < -0.3 is 5.32 Å². The monoisotopic (exact) mass is 375 g/mol. The Kier molecular flexibility index (Phi) is 9.38. The summed E-state index contributed by atoms with van der Waals surface area (Å²) in [6.07, 6.45) is 3.38.